The van der Waals surface area contributed by atoms with E-state index in [-0.39, 0.29) is 23.7 Å². The molecule has 3 aromatic carbocycles. The largest absolute Gasteiger partial charge is 0.490 e. The van der Waals surface area contributed by atoms with Crippen molar-refractivity contribution >= 4 is 53.0 Å². The number of nitrogens with zero attached hydrogens (tertiary/aromatic N) is 5. The fourth-order valence-electron chi connectivity index (χ4n) is 4.46. The van der Waals surface area contributed by atoms with Gasteiger partial charge in [-0.05, 0) is 70.4 Å². The molecule has 52 heavy (non-hydrogen) atoms. The highest BCUT2D eigenvalue weighted by atomic mass is 35.5. The lowest BCUT2D eigenvalue weighted by atomic mass is 10.0. The van der Waals surface area contributed by atoms with Crippen molar-refractivity contribution in [2.75, 3.05) is 12.4 Å². The normalized spacial score (nSPS) is 11.4. The van der Waals surface area contributed by atoms with E-state index in [4.69, 9.17) is 33.1 Å². The third-order valence-electron chi connectivity index (χ3n) is 6.84. The van der Waals surface area contributed by atoms with Gasteiger partial charge in [-0.25, -0.2) is 28.8 Å². The van der Waals surface area contributed by atoms with E-state index in [1.54, 1.807) is 54.6 Å². The molecule has 0 aliphatic heterocycles. The van der Waals surface area contributed by atoms with Crippen molar-refractivity contribution in [3.05, 3.63) is 106 Å². The molecule has 2 aromatic heterocycles. The Morgan fingerprint density at radius 2 is 1.73 bits per heavy atom. The molecule has 5 rings (SSSR count). The molecule has 5 aromatic rings. The predicted molar refractivity (Wildman–Crippen MR) is 178 cm³/mol. The van der Waals surface area contributed by atoms with Crippen LogP contribution in [-0.2, 0) is 22.5 Å². The van der Waals surface area contributed by atoms with Crippen molar-refractivity contribution in [1.82, 2.24) is 40.8 Å². The number of H-pyrrole nitrogens is 1. The summed E-state index contributed by atoms with van der Waals surface area (Å²) in [6.45, 7) is 0.0823. The Bertz CT molecular complexity index is 2040. The number of aromatic amines is 1. The van der Waals surface area contributed by atoms with Crippen LogP contribution in [0.2, 0.25) is 10.2 Å². The van der Waals surface area contributed by atoms with Crippen molar-refractivity contribution in [2.24, 2.45) is 0 Å². The highest BCUT2D eigenvalue weighted by molar-refractivity contribution is 6.32. The number of aromatic nitrogens is 6. The summed E-state index contributed by atoms with van der Waals surface area (Å²) in [5.74, 6) is -3.50. The van der Waals surface area contributed by atoms with E-state index in [1.807, 2.05) is 0 Å². The molecular weight excluding hydrogens is 738 g/mol. The van der Waals surface area contributed by atoms with Gasteiger partial charge in [-0.3, -0.25) is 5.32 Å². The first-order chi connectivity index (χ1) is 24.6. The molecule has 0 unspecified atom stereocenters. The Morgan fingerprint density at radius 3 is 2.35 bits per heavy atom. The molecule has 0 radical (unpaired) electrons. The van der Waals surface area contributed by atoms with Gasteiger partial charge in [-0.2, -0.15) is 13.2 Å². The number of hydrogen-bond acceptors (Lipinski definition) is 9. The van der Waals surface area contributed by atoms with Crippen molar-refractivity contribution in [3.8, 4) is 16.9 Å². The quantitative estimate of drug-likeness (QED) is 0.102. The number of amides is 3. The molecule has 0 aliphatic carbocycles. The van der Waals surface area contributed by atoms with E-state index in [0.717, 1.165) is 0 Å². The molecule has 16 nitrogen and oxygen atoms in total. The Balaban J connectivity index is 0.000000785. The summed E-state index contributed by atoms with van der Waals surface area (Å²) in [5, 5.41) is 36.8. The van der Waals surface area contributed by atoms with E-state index >= 15 is 0 Å². The first kappa shape index (κ1) is 38.6. The van der Waals surface area contributed by atoms with Crippen LogP contribution < -0.4 is 16.0 Å². The third kappa shape index (κ3) is 10.6. The summed E-state index contributed by atoms with van der Waals surface area (Å²) in [5.41, 5.74) is 3.59. The Labute approximate surface area is 300 Å². The molecule has 21 heteroatoms. The van der Waals surface area contributed by atoms with Gasteiger partial charge >= 0.3 is 30.2 Å². The van der Waals surface area contributed by atoms with Crippen molar-refractivity contribution in [1.29, 1.82) is 0 Å². The van der Waals surface area contributed by atoms with E-state index in [9.17, 15) is 32.7 Å². The Morgan fingerprint density at radius 1 is 1.02 bits per heavy atom. The fourth-order valence-corrected chi connectivity index (χ4v) is 4.91. The molecule has 272 valence electrons. The number of urea groups is 1. The standard InChI is InChI=1S/C29H25Cl2N9O5.C2HF3O2/c1-45-29(44)34-21-8-5-17(6-9-21)24-25(31)37-26(36-24)22(12-16-3-2-4-18(11-16)27(41)42)35-28(43)32-14-19-13-20(30)7-10-23(19)40-15-33-38-39-40;3-2(4,5)1(6)7/h2-11,13,15,22H,12,14H2,1H3,(H,34,44)(H,36,37)(H,41,42)(H2,32,35,43);(H,6,7)/t22-;/m0./s1. The summed E-state index contributed by atoms with van der Waals surface area (Å²) < 4.78 is 37.8. The molecule has 0 aliphatic rings. The minimum absolute atomic E-state index is 0.0823. The first-order valence-electron chi connectivity index (χ1n) is 14.5. The van der Waals surface area contributed by atoms with Gasteiger partial charge in [0, 0.05) is 22.8 Å². The summed E-state index contributed by atoms with van der Waals surface area (Å²) in [6, 6.07) is 17.0. The minimum atomic E-state index is -5.08. The zero-order valence-corrected chi connectivity index (χ0v) is 28.0. The number of methoxy groups -OCH3 is 1. The van der Waals surface area contributed by atoms with Crippen LogP contribution in [0.25, 0.3) is 16.9 Å². The number of carboxylic acids is 2. The smallest absolute Gasteiger partial charge is 0.478 e. The number of rotatable bonds is 10. The van der Waals surface area contributed by atoms with Gasteiger partial charge in [-0.1, -0.05) is 47.5 Å². The maximum absolute atomic E-state index is 13.2. The number of tetrazole rings is 1. The maximum Gasteiger partial charge on any atom is 0.490 e. The molecule has 1 atom stereocenters. The zero-order chi connectivity index (χ0) is 38.0. The summed E-state index contributed by atoms with van der Waals surface area (Å²) in [7, 11) is 1.27. The maximum atomic E-state index is 13.2. The first-order valence-corrected chi connectivity index (χ1v) is 15.3. The summed E-state index contributed by atoms with van der Waals surface area (Å²) >= 11 is 12.8. The number of halogens is 5. The number of alkyl halides is 3. The van der Waals surface area contributed by atoms with Gasteiger partial charge < -0.3 is 30.6 Å². The van der Waals surface area contributed by atoms with Crippen LogP contribution >= 0.6 is 23.2 Å². The number of carboxylic acid groups (broad SMARTS) is 2. The number of carbonyl (C=O) groups is 4. The third-order valence-corrected chi connectivity index (χ3v) is 7.35. The van der Waals surface area contributed by atoms with Crippen LogP contribution in [0.5, 0.6) is 0 Å². The van der Waals surface area contributed by atoms with E-state index in [1.165, 1.54) is 30.3 Å². The molecular formula is C31H26Cl2F3N9O7. The van der Waals surface area contributed by atoms with E-state index < -0.39 is 36.3 Å². The molecule has 2 heterocycles. The van der Waals surface area contributed by atoms with Crippen LogP contribution in [0.15, 0.2) is 73.1 Å². The van der Waals surface area contributed by atoms with Crippen molar-refractivity contribution in [2.45, 2.75) is 25.2 Å². The van der Waals surface area contributed by atoms with Gasteiger partial charge in [0.15, 0.2) is 0 Å². The molecule has 0 bridgehead atoms. The number of aliphatic carboxylic acids is 1. The summed E-state index contributed by atoms with van der Waals surface area (Å²) in [6.07, 6.45) is -4.08. The highest BCUT2D eigenvalue weighted by Crippen LogP contribution is 2.30. The van der Waals surface area contributed by atoms with Crippen LogP contribution in [-0.4, -0.2) is 77.7 Å². The number of carbonyl (C=O) groups excluding carboxylic acids is 2. The number of aromatic carboxylic acids is 1. The van der Waals surface area contributed by atoms with Crippen molar-refractivity contribution < 1.29 is 47.3 Å². The van der Waals surface area contributed by atoms with Gasteiger partial charge in [0.25, 0.3) is 0 Å². The van der Waals surface area contributed by atoms with Crippen LogP contribution in [0.3, 0.4) is 0 Å². The number of benzene rings is 3. The predicted octanol–water partition coefficient (Wildman–Crippen LogP) is 5.65. The minimum Gasteiger partial charge on any atom is -0.478 e. The number of anilines is 1. The Hall–Kier alpha value is -6.21. The van der Waals surface area contributed by atoms with Gasteiger partial charge in [0.2, 0.25) is 0 Å². The van der Waals surface area contributed by atoms with Gasteiger partial charge in [0.05, 0.1) is 24.4 Å². The lowest BCUT2D eigenvalue weighted by Gasteiger charge is -2.18. The lowest BCUT2D eigenvalue weighted by molar-refractivity contribution is -0.192. The second-order valence-electron chi connectivity index (χ2n) is 10.4. The summed E-state index contributed by atoms with van der Waals surface area (Å²) in [4.78, 5) is 52.9. The van der Waals surface area contributed by atoms with Crippen LogP contribution in [0.1, 0.15) is 33.4 Å². The molecule has 0 saturated heterocycles. The van der Waals surface area contributed by atoms with Gasteiger partial charge in [0.1, 0.15) is 23.0 Å². The van der Waals surface area contributed by atoms with Crippen LogP contribution in [0.4, 0.5) is 28.4 Å². The van der Waals surface area contributed by atoms with E-state index in [0.29, 0.717) is 44.6 Å². The second kappa shape index (κ2) is 17.1. The molecule has 0 spiro atoms. The number of ether oxygens (including phenoxy) is 1. The molecule has 3 amide bonds. The molecule has 6 N–H and O–H groups in total. The second-order valence-corrected chi connectivity index (χ2v) is 11.2. The Kier molecular flexibility index (Phi) is 12.7. The lowest BCUT2D eigenvalue weighted by Crippen LogP contribution is -2.39. The SMILES string of the molecule is COC(=O)Nc1ccc(-c2nc([C@H](Cc3cccc(C(=O)O)c3)NC(=O)NCc3cc(Cl)ccc3-n3cnnn3)[nH]c2Cl)cc1.O=C(O)C(F)(F)F. The van der Waals surface area contributed by atoms with Crippen molar-refractivity contribution in [3.63, 3.8) is 0 Å². The monoisotopic (exact) mass is 763 g/mol. The number of hydrogen-bond donors (Lipinski definition) is 6. The molecule has 0 saturated carbocycles. The fraction of sp³-hybridized carbons (Fsp3) is 0.161. The topological polar surface area (TPSA) is 226 Å². The average molecular weight is 765 g/mol. The average Bonchev–Trinajstić information content (AvgIpc) is 3.78. The van der Waals surface area contributed by atoms with E-state index in [2.05, 4.69) is 46.2 Å². The number of imidazole rings is 1. The number of nitrogens with one attached hydrogen (secondary N) is 4. The zero-order valence-electron chi connectivity index (χ0n) is 26.5. The highest BCUT2D eigenvalue weighted by Gasteiger charge is 2.38. The molecule has 0 fully saturated rings. The van der Waals surface area contributed by atoms with Gasteiger partial charge in [-0.15, -0.1) is 5.10 Å². The van der Waals surface area contributed by atoms with Crippen LogP contribution in [0, 0.1) is 0 Å².